The lowest BCUT2D eigenvalue weighted by Crippen LogP contribution is -2.38. The summed E-state index contributed by atoms with van der Waals surface area (Å²) in [6, 6.07) is 9.50. The van der Waals surface area contributed by atoms with Crippen molar-refractivity contribution in [3.8, 4) is 0 Å². The van der Waals surface area contributed by atoms with Crippen molar-refractivity contribution in [3.63, 3.8) is 0 Å². The number of rotatable bonds is 5. The second-order valence-corrected chi connectivity index (χ2v) is 5.44. The number of hydrogen-bond donors (Lipinski definition) is 2. The van der Waals surface area contributed by atoms with Crippen LogP contribution in [0.15, 0.2) is 30.3 Å². The number of benzene rings is 1. The molecule has 1 aromatic carbocycles. The van der Waals surface area contributed by atoms with Crippen LogP contribution in [0.25, 0.3) is 0 Å². The molecule has 0 unspecified atom stereocenters. The van der Waals surface area contributed by atoms with E-state index in [1.54, 1.807) is 20.8 Å². The fourth-order valence-electron chi connectivity index (χ4n) is 1.52. The Bertz CT molecular complexity index is 438. The van der Waals surface area contributed by atoms with Gasteiger partial charge in [-0.05, 0) is 26.3 Å². The average Bonchev–Trinajstić information content (AvgIpc) is 2.34. The van der Waals surface area contributed by atoms with Crippen molar-refractivity contribution in [2.24, 2.45) is 0 Å². The molecule has 0 fully saturated rings. The van der Waals surface area contributed by atoms with Gasteiger partial charge in [-0.2, -0.15) is 0 Å². The summed E-state index contributed by atoms with van der Waals surface area (Å²) in [6.07, 6.45) is -0.136. The molecular weight excluding hydrogens is 256 g/mol. The minimum Gasteiger partial charge on any atom is -0.444 e. The van der Waals surface area contributed by atoms with E-state index in [2.05, 4.69) is 10.6 Å². The van der Waals surface area contributed by atoms with Crippen LogP contribution in [0.3, 0.4) is 0 Å². The first-order chi connectivity index (χ1) is 9.37. The normalized spacial score (nSPS) is 10.8. The van der Waals surface area contributed by atoms with Gasteiger partial charge >= 0.3 is 6.09 Å². The van der Waals surface area contributed by atoms with E-state index in [0.29, 0.717) is 19.5 Å². The SMILES string of the molecule is CC(C)(C)OC(=O)NCCNC(=O)Cc1ccccc1. The molecule has 1 rings (SSSR count). The van der Waals surface area contributed by atoms with E-state index in [4.69, 9.17) is 4.74 Å². The fourth-order valence-corrected chi connectivity index (χ4v) is 1.52. The maximum Gasteiger partial charge on any atom is 0.407 e. The van der Waals surface area contributed by atoms with Gasteiger partial charge in [-0.25, -0.2) is 4.79 Å². The highest BCUT2D eigenvalue weighted by molar-refractivity contribution is 5.78. The van der Waals surface area contributed by atoms with E-state index in [1.165, 1.54) is 0 Å². The Labute approximate surface area is 119 Å². The molecule has 2 N–H and O–H groups in total. The molecule has 0 aliphatic carbocycles. The number of carbonyl (C=O) groups is 2. The second-order valence-electron chi connectivity index (χ2n) is 5.44. The lowest BCUT2D eigenvalue weighted by atomic mass is 10.1. The highest BCUT2D eigenvalue weighted by Gasteiger charge is 2.15. The number of nitrogens with one attached hydrogen (secondary N) is 2. The number of carbonyl (C=O) groups excluding carboxylic acids is 2. The van der Waals surface area contributed by atoms with E-state index < -0.39 is 11.7 Å². The van der Waals surface area contributed by atoms with Crippen LogP contribution in [-0.2, 0) is 16.0 Å². The van der Waals surface area contributed by atoms with Crippen LogP contribution in [0, 0.1) is 0 Å². The first-order valence-electron chi connectivity index (χ1n) is 6.64. The Kier molecular flexibility index (Phi) is 6.03. The Morgan fingerprint density at radius 3 is 2.25 bits per heavy atom. The summed E-state index contributed by atoms with van der Waals surface area (Å²) < 4.78 is 5.08. The molecule has 0 aliphatic heterocycles. The van der Waals surface area contributed by atoms with Gasteiger partial charge in [0.05, 0.1) is 6.42 Å². The van der Waals surface area contributed by atoms with Crippen molar-refractivity contribution in [2.75, 3.05) is 13.1 Å². The standard InChI is InChI=1S/C15H22N2O3/c1-15(2,3)20-14(19)17-10-9-16-13(18)11-12-7-5-4-6-8-12/h4-8H,9-11H2,1-3H3,(H,16,18)(H,17,19). The summed E-state index contributed by atoms with van der Waals surface area (Å²) in [5.74, 6) is -0.0674. The Balaban J connectivity index is 2.15. The third kappa shape index (κ3) is 7.41. The van der Waals surface area contributed by atoms with Crippen LogP contribution in [0.2, 0.25) is 0 Å². The number of ether oxygens (including phenoxy) is 1. The van der Waals surface area contributed by atoms with Gasteiger partial charge < -0.3 is 15.4 Å². The molecule has 2 amide bonds. The predicted molar refractivity (Wildman–Crippen MR) is 77.4 cm³/mol. The Morgan fingerprint density at radius 2 is 1.65 bits per heavy atom. The lowest BCUT2D eigenvalue weighted by molar-refractivity contribution is -0.120. The van der Waals surface area contributed by atoms with Crippen molar-refractivity contribution >= 4 is 12.0 Å². The smallest absolute Gasteiger partial charge is 0.407 e. The van der Waals surface area contributed by atoms with E-state index >= 15 is 0 Å². The molecule has 0 aliphatic rings. The summed E-state index contributed by atoms with van der Waals surface area (Å²) >= 11 is 0. The molecule has 0 heterocycles. The quantitative estimate of drug-likeness (QED) is 0.808. The van der Waals surface area contributed by atoms with Crippen molar-refractivity contribution in [1.82, 2.24) is 10.6 Å². The molecule has 0 saturated carbocycles. The summed E-state index contributed by atoms with van der Waals surface area (Å²) in [5.41, 5.74) is 0.450. The highest BCUT2D eigenvalue weighted by atomic mass is 16.6. The number of hydrogen-bond acceptors (Lipinski definition) is 3. The maximum absolute atomic E-state index is 11.6. The van der Waals surface area contributed by atoms with Gasteiger partial charge in [0, 0.05) is 13.1 Å². The van der Waals surface area contributed by atoms with Gasteiger partial charge in [-0.3, -0.25) is 4.79 Å². The zero-order valence-corrected chi connectivity index (χ0v) is 12.2. The monoisotopic (exact) mass is 278 g/mol. The topological polar surface area (TPSA) is 67.4 Å². The first-order valence-corrected chi connectivity index (χ1v) is 6.64. The fraction of sp³-hybridized carbons (Fsp3) is 0.467. The van der Waals surface area contributed by atoms with E-state index in [0.717, 1.165) is 5.56 Å². The molecule has 110 valence electrons. The summed E-state index contributed by atoms with van der Waals surface area (Å²) in [4.78, 5) is 23.0. The van der Waals surface area contributed by atoms with Gasteiger partial charge in [0.25, 0.3) is 0 Å². The van der Waals surface area contributed by atoms with Crippen LogP contribution in [0.5, 0.6) is 0 Å². The van der Waals surface area contributed by atoms with E-state index in [1.807, 2.05) is 30.3 Å². The van der Waals surface area contributed by atoms with Crippen LogP contribution >= 0.6 is 0 Å². The van der Waals surface area contributed by atoms with Crippen molar-refractivity contribution in [3.05, 3.63) is 35.9 Å². The van der Waals surface area contributed by atoms with Crippen LogP contribution in [-0.4, -0.2) is 30.7 Å². The van der Waals surface area contributed by atoms with E-state index in [9.17, 15) is 9.59 Å². The van der Waals surface area contributed by atoms with Crippen LogP contribution < -0.4 is 10.6 Å². The largest absolute Gasteiger partial charge is 0.444 e. The third-order valence-corrected chi connectivity index (χ3v) is 2.32. The molecule has 5 heteroatoms. The van der Waals surface area contributed by atoms with Crippen LogP contribution in [0.4, 0.5) is 4.79 Å². The van der Waals surface area contributed by atoms with Gasteiger partial charge in [0.15, 0.2) is 0 Å². The molecule has 0 radical (unpaired) electrons. The summed E-state index contributed by atoms with van der Waals surface area (Å²) in [5, 5.41) is 5.32. The van der Waals surface area contributed by atoms with Crippen LogP contribution in [0.1, 0.15) is 26.3 Å². The zero-order valence-electron chi connectivity index (χ0n) is 12.2. The molecule has 0 bridgehead atoms. The van der Waals surface area contributed by atoms with Gasteiger partial charge in [0.2, 0.25) is 5.91 Å². The molecule has 0 aromatic heterocycles. The summed E-state index contributed by atoms with van der Waals surface area (Å²) in [6.45, 7) is 6.12. The summed E-state index contributed by atoms with van der Waals surface area (Å²) in [7, 11) is 0. The van der Waals surface area contributed by atoms with E-state index in [-0.39, 0.29) is 5.91 Å². The molecule has 1 aromatic rings. The second kappa shape index (κ2) is 7.53. The first kappa shape index (κ1) is 16.0. The third-order valence-electron chi connectivity index (χ3n) is 2.32. The lowest BCUT2D eigenvalue weighted by Gasteiger charge is -2.19. The van der Waals surface area contributed by atoms with Crippen molar-refractivity contribution in [2.45, 2.75) is 32.8 Å². The maximum atomic E-state index is 11.6. The minimum atomic E-state index is -0.513. The van der Waals surface area contributed by atoms with Gasteiger partial charge in [-0.15, -0.1) is 0 Å². The Morgan fingerprint density at radius 1 is 1.05 bits per heavy atom. The minimum absolute atomic E-state index is 0.0674. The molecule has 0 saturated heterocycles. The molecular formula is C15H22N2O3. The van der Waals surface area contributed by atoms with Crippen molar-refractivity contribution < 1.29 is 14.3 Å². The zero-order chi connectivity index (χ0) is 15.0. The molecule has 5 nitrogen and oxygen atoms in total. The van der Waals surface area contributed by atoms with Gasteiger partial charge in [0.1, 0.15) is 5.60 Å². The average molecular weight is 278 g/mol. The predicted octanol–water partition coefficient (Wildman–Crippen LogP) is 1.87. The molecule has 0 spiro atoms. The molecule has 20 heavy (non-hydrogen) atoms. The van der Waals surface area contributed by atoms with Crippen molar-refractivity contribution in [1.29, 1.82) is 0 Å². The highest BCUT2D eigenvalue weighted by Crippen LogP contribution is 2.06. The number of alkyl carbamates (subject to hydrolysis) is 1. The van der Waals surface area contributed by atoms with Gasteiger partial charge in [-0.1, -0.05) is 30.3 Å². The Hall–Kier alpha value is -2.04. The number of amides is 2. The molecule has 0 atom stereocenters.